The summed E-state index contributed by atoms with van der Waals surface area (Å²) in [6.07, 6.45) is 0. The highest BCUT2D eigenvalue weighted by molar-refractivity contribution is 6.31. The fraction of sp³-hybridized carbons (Fsp3) is 0.118. The minimum atomic E-state index is -0.471. The molecule has 0 atom stereocenters. The van der Waals surface area contributed by atoms with Gasteiger partial charge in [0.15, 0.2) is 0 Å². The molecule has 0 fully saturated rings. The molecule has 3 rings (SSSR count). The molecule has 1 aliphatic rings. The molecule has 0 bridgehead atoms. The number of anilines is 1. The number of nitro groups is 1. The van der Waals surface area contributed by atoms with Crippen molar-refractivity contribution >= 4 is 23.0 Å². The largest absolute Gasteiger partial charge is 0.352 e. The molecule has 0 spiro atoms. The van der Waals surface area contributed by atoms with Crippen LogP contribution in [0.4, 0.5) is 10.1 Å². The standard InChI is InChI=1S/C17H13ClFN3O2/c1-10(22(23)24)16-9-20-17(12-4-2-3-5-14(12)19)13-8-11(18)6-7-15(13)21-16/h2-8,21H,9H2,1H3. The van der Waals surface area contributed by atoms with Crippen LogP contribution in [0.3, 0.4) is 0 Å². The first-order valence-electron chi connectivity index (χ1n) is 7.18. The van der Waals surface area contributed by atoms with Crippen LogP contribution >= 0.6 is 11.6 Å². The molecule has 0 amide bonds. The lowest BCUT2D eigenvalue weighted by Gasteiger charge is -2.12. The molecule has 2 aromatic carbocycles. The second-order valence-corrected chi connectivity index (χ2v) is 5.72. The maximum atomic E-state index is 14.2. The van der Waals surface area contributed by atoms with Crippen LogP contribution in [-0.4, -0.2) is 17.2 Å². The van der Waals surface area contributed by atoms with E-state index in [1.54, 1.807) is 36.4 Å². The van der Waals surface area contributed by atoms with Gasteiger partial charge >= 0.3 is 0 Å². The molecular weight excluding hydrogens is 333 g/mol. The predicted molar refractivity (Wildman–Crippen MR) is 91.7 cm³/mol. The van der Waals surface area contributed by atoms with E-state index in [9.17, 15) is 14.5 Å². The number of aliphatic imine (C=N–C) groups is 1. The Morgan fingerprint density at radius 3 is 2.75 bits per heavy atom. The lowest BCUT2D eigenvalue weighted by atomic mass is 10.00. The molecule has 0 radical (unpaired) electrons. The Hall–Kier alpha value is -2.73. The zero-order valence-electron chi connectivity index (χ0n) is 12.7. The molecule has 2 aromatic rings. The number of rotatable bonds is 2. The summed E-state index contributed by atoms with van der Waals surface area (Å²) in [6, 6.07) is 11.3. The molecule has 1 N–H and O–H groups in total. The van der Waals surface area contributed by atoms with Gasteiger partial charge in [0.2, 0.25) is 0 Å². The van der Waals surface area contributed by atoms with Gasteiger partial charge in [-0.25, -0.2) is 4.39 Å². The Balaban J connectivity index is 2.23. The summed E-state index contributed by atoms with van der Waals surface area (Å²) in [7, 11) is 0. The van der Waals surface area contributed by atoms with Crippen molar-refractivity contribution in [3.05, 3.63) is 85.9 Å². The molecule has 0 aromatic heterocycles. The summed E-state index contributed by atoms with van der Waals surface area (Å²) >= 11 is 6.08. The molecule has 0 unspecified atom stereocenters. The van der Waals surface area contributed by atoms with E-state index >= 15 is 0 Å². The molecule has 1 heterocycles. The Kier molecular flexibility index (Phi) is 4.31. The molecular formula is C17H13ClFN3O2. The monoisotopic (exact) mass is 345 g/mol. The summed E-state index contributed by atoms with van der Waals surface area (Å²) in [4.78, 5) is 15.0. The summed E-state index contributed by atoms with van der Waals surface area (Å²) in [5.74, 6) is -0.416. The highest BCUT2D eigenvalue weighted by Crippen LogP contribution is 2.29. The Bertz CT molecular complexity index is 893. The average molecular weight is 346 g/mol. The first kappa shape index (κ1) is 16.1. The SMILES string of the molecule is CC(=C1CN=C(c2ccccc2F)c2cc(Cl)ccc2N1)[N+](=O)[O-]. The van der Waals surface area contributed by atoms with Crippen molar-refractivity contribution in [1.82, 2.24) is 0 Å². The van der Waals surface area contributed by atoms with Gasteiger partial charge in [0, 0.05) is 28.8 Å². The molecule has 0 aliphatic carbocycles. The van der Waals surface area contributed by atoms with Gasteiger partial charge in [0.05, 0.1) is 17.2 Å². The predicted octanol–water partition coefficient (Wildman–Crippen LogP) is 4.25. The van der Waals surface area contributed by atoms with Crippen molar-refractivity contribution in [3.63, 3.8) is 0 Å². The van der Waals surface area contributed by atoms with Gasteiger partial charge in [-0.2, -0.15) is 0 Å². The van der Waals surface area contributed by atoms with E-state index in [0.717, 1.165) is 0 Å². The number of halogens is 2. The van der Waals surface area contributed by atoms with E-state index in [1.807, 2.05) is 0 Å². The number of fused-ring (bicyclic) bond motifs is 1. The van der Waals surface area contributed by atoms with E-state index in [0.29, 0.717) is 33.2 Å². The van der Waals surface area contributed by atoms with Crippen LogP contribution in [-0.2, 0) is 0 Å². The topological polar surface area (TPSA) is 67.5 Å². The van der Waals surface area contributed by atoms with Crippen LogP contribution in [0.2, 0.25) is 5.02 Å². The van der Waals surface area contributed by atoms with E-state index < -0.39 is 10.7 Å². The fourth-order valence-electron chi connectivity index (χ4n) is 2.47. The first-order valence-corrected chi connectivity index (χ1v) is 7.55. The molecule has 7 heteroatoms. The Morgan fingerprint density at radius 1 is 1.29 bits per heavy atom. The lowest BCUT2D eigenvalue weighted by molar-refractivity contribution is -0.425. The third kappa shape index (κ3) is 3.00. The summed E-state index contributed by atoms with van der Waals surface area (Å²) in [5, 5.41) is 14.6. The lowest BCUT2D eigenvalue weighted by Crippen LogP contribution is -2.09. The highest BCUT2D eigenvalue weighted by atomic mass is 35.5. The zero-order valence-corrected chi connectivity index (χ0v) is 13.5. The number of benzodiazepines with no additional fused rings is 1. The van der Waals surface area contributed by atoms with E-state index in [4.69, 9.17) is 11.6 Å². The number of hydrogen-bond acceptors (Lipinski definition) is 4. The number of nitrogens with one attached hydrogen (secondary N) is 1. The second kappa shape index (κ2) is 6.41. The van der Waals surface area contributed by atoms with Gasteiger partial charge in [-0.05, 0) is 30.3 Å². The molecule has 24 heavy (non-hydrogen) atoms. The van der Waals surface area contributed by atoms with Crippen LogP contribution in [0.15, 0.2) is 58.9 Å². The Morgan fingerprint density at radius 2 is 2.04 bits per heavy atom. The van der Waals surface area contributed by atoms with Gasteiger partial charge in [0.1, 0.15) is 11.5 Å². The van der Waals surface area contributed by atoms with Gasteiger partial charge < -0.3 is 5.32 Å². The third-order valence-corrected chi connectivity index (χ3v) is 3.99. The van der Waals surface area contributed by atoms with Crippen molar-refractivity contribution in [2.24, 2.45) is 4.99 Å². The van der Waals surface area contributed by atoms with Gasteiger partial charge in [-0.3, -0.25) is 15.1 Å². The number of hydrogen-bond donors (Lipinski definition) is 1. The van der Waals surface area contributed by atoms with Crippen LogP contribution < -0.4 is 5.32 Å². The molecule has 0 saturated carbocycles. The van der Waals surface area contributed by atoms with Gasteiger partial charge in [0.25, 0.3) is 5.70 Å². The van der Waals surface area contributed by atoms with Crippen LogP contribution in [0, 0.1) is 15.9 Å². The molecule has 0 saturated heterocycles. The average Bonchev–Trinajstić information content (AvgIpc) is 2.74. The highest BCUT2D eigenvalue weighted by Gasteiger charge is 2.22. The van der Waals surface area contributed by atoms with E-state index in [1.165, 1.54) is 13.0 Å². The number of nitrogens with zero attached hydrogens (tertiary/aromatic N) is 2. The summed E-state index contributed by atoms with van der Waals surface area (Å²) < 4.78 is 14.2. The molecule has 1 aliphatic heterocycles. The normalized spacial score (nSPS) is 15.7. The van der Waals surface area contributed by atoms with Crippen molar-refractivity contribution in [2.45, 2.75) is 6.92 Å². The van der Waals surface area contributed by atoms with Crippen LogP contribution in [0.5, 0.6) is 0 Å². The van der Waals surface area contributed by atoms with Crippen LogP contribution in [0.25, 0.3) is 0 Å². The Labute approximate surface area is 142 Å². The van der Waals surface area contributed by atoms with Gasteiger partial charge in [-0.15, -0.1) is 0 Å². The van der Waals surface area contributed by atoms with Crippen molar-refractivity contribution in [3.8, 4) is 0 Å². The smallest absolute Gasteiger partial charge is 0.264 e. The van der Waals surface area contributed by atoms with Crippen molar-refractivity contribution in [1.29, 1.82) is 0 Å². The number of benzene rings is 2. The maximum absolute atomic E-state index is 14.2. The second-order valence-electron chi connectivity index (χ2n) is 5.28. The minimum Gasteiger partial charge on any atom is -0.352 e. The third-order valence-electron chi connectivity index (χ3n) is 3.76. The first-order chi connectivity index (χ1) is 11.5. The van der Waals surface area contributed by atoms with Gasteiger partial charge in [-0.1, -0.05) is 23.7 Å². The molecule has 122 valence electrons. The zero-order chi connectivity index (χ0) is 17.3. The minimum absolute atomic E-state index is 0.0329. The van der Waals surface area contributed by atoms with E-state index in [-0.39, 0.29) is 12.2 Å². The maximum Gasteiger partial charge on any atom is 0.264 e. The molecule has 5 nitrogen and oxygen atoms in total. The van der Waals surface area contributed by atoms with Crippen LogP contribution in [0.1, 0.15) is 18.1 Å². The van der Waals surface area contributed by atoms with E-state index in [2.05, 4.69) is 10.3 Å². The van der Waals surface area contributed by atoms with Crippen molar-refractivity contribution in [2.75, 3.05) is 11.9 Å². The quantitative estimate of drug-likeness (QED) is 0.653. The fourth-order valence-corrected chi connectivity index (χ4v) is 2.64. The number of allylic oxidation sites excluding steroid dienone is 1. The summed E-state index contributed by atoms with van der Waals surface area (Å²) in [5.41, 5.74) is 2.24. The van der Waals surface area contributed by atoms with Crippen molar-refractivity contribution < 1.29 is 9.31 Å². The summed E-state index contributed by atoms with van der Waals surface area (Å²) in [6.45, 7) is 1.45.